The van der Waals surface area contributed by atoms with Gasteiger partial charge in [0.15, 0.2) is 0 Å². The summed E-state index contributed by atoms with van der Waals surface area (Å²) in [6.07, 6.45) is 3.63. The number of fused-ring (bicyclic) bond motifs is 1. The molecule has 0 saturated heterocycles. The van der Waals surface area contributed by atoms with Crippen LogP contribution in [-0.2, 0) is 6.61 Å². The number of aromatic amines is 1. The topological polar surface area (TPSA) is 50.8 Å². The van der Waals surface area contributed by atoms with Crippen molar-refractivity contribution in [2.24, 2.45) is 0 Å². The molecule has 0 aliphatic heterocycles. The molecular weight excluding hydrogens is 370 g/mol. The van der Waals surface area contributed by atoms with E-state index in [1.54, 1.807) is 0 Å². The molecule has 0 bridgehead atoms. The molecule has 0 radical (unpaired) electrons. The number of pyridine rings is 2. The second kappa shape index (κ2) is 7.84. The van der Waals surface area contributed by atoms with Crippen molar-refractivity contribution in [3.8, 4) is 28.1 Å². The van der Waals surface area contributed by atoms with Gasteiger partial charge in [-0.1, -0.05) is 36.4 Å². The monoisotopic (exact) mass is 391 g/mol. The molecule has 4 heteroatoms. The van der Waals surface area contributed by atoms with Crippen LogP contribution in [0.5, 0.6) is 5.75 Å². The van der Waals surface area contributed by atoms with Crippen molar-refractivity contribution in [2.75, 3.05) is 0 Å². The number of aromatic nitrogens is 3. The van der Waals surface area contributed by atoms with Gasteiger partial charge in [-0.2, -0.15) is 0 Å². The molecular formula is C26H21N3O. The molecule has 0 spiro atoms. The summed E-state index contributed by atoms with van der Waals surface area (Å²) in [4.78, 5) is 12.3. The van der Waals surface area contributed by atoms with Crippen LogP contribution in [0.3, 0.4) is 0 Å². The van der Waals surface area contributed by atoms with Gasteiger partial charge in [-0.25, -0.2) is 4.98 Å². The highest BCUT2D eigenvalue weighted by molar-refractivity contribution is 5.82. The summed E-state index contributed by atoms with van der Waals surface area (Å²) in [5.41, 5.74) is 7.56. The Kier molecular flexibility index (Phi) is 4.74. The molecule has 30 heavy (non-hydrogen) atoms. The number of H-pyrrole nitrogens is 1. The fraction of sp³-hybridized carbons (Fsp3) is 0.0769. The van der Waals surface area contributed by atoms with Gasteiger partial charge in [-0.05, 0) is 55.0 Å². The standard InChI is InChI=1S/C26H21N3O/c1-18-16-24(26(28-18)21-12-14-27-15-13-21)19-7-10-23(11-8-19)30-17-22-9-6-20-4-2-3-5-25(20)29-22/h2-16,28H,17H2,1H3. The van der Waals surface area contributed by atoms with E-state index in [1.165, 1.54) is 5.56 Å². The SMILES string of the molecule is Cc1cc(-c2ccc(OCc3ccc4ccccc4n3)cc2)c(-c2ccncc2)[nH]1. The maximum Gasteiger partial charge on any atom is 0.130 e. The fourth-order valence-corrected chi connectivity index (χ4v) is 3.64. The quantitative estimate of drug-likeness (QED) is 0.389. The van der Waals surface area contributed by atoms with Crippen LogP contribution in [-0.4, -0.2) is 15.0 Å². The van der Waals surface area contributed by atoms with Crippen LogP contribution in [0.2, 0.25) is 0 Å². The lowest BCUT2D eigenvalue weighted by molar-refractivity contribution is 0.302. The van der Waals surface area contributed by atoms with Gasteiger partial charge in [0.25, 0.3) is 0 Å². The minimum atomic E-state index is 0.440. The van der Waals surface area contributed by atoms with Crippen molar-refractivity contribution in [2.45, 2.75) is 13.5 Å². The smallest absolute Gasteiger partial charge is 0.130 e. The van der Waals surface area contributed by atoms with Crippen LogP contribution < -0.4 is 4.74 Å². The molecule has 2 aromatic carbocycles. The predicted molar refractivity (Wildman–Crippen MR) is 120 cm³/mol. The molecule has 3 heterocycles. The predicted octanol–water partition coefficient (Wildman–Crippen LogP) is 6.18. The Balaban J connectivity index is 1.35. The van der Waals surface area contributed by atoms with Gasteiger partial charge in [0.2, 0.25) is 0 Å². The third kappa shape index (κ3) is 3.67. The van der Waals surface area contributed by atoms with E-state index in [1.807, 2.05) is 60.9 Å². The Bertz CT molecular complexity index is 1290. The van der Waals surface area contributed by atoms with E-state index in [0.29, 0.717) is 6.61 Å². The first-order chi connectivity index (χ1) is 14.8. The molecule has 0 aliphatic rings. The van der Waals surface area contributed by atoms with Gasteiger partial charge in [0, 0.05) is 34.6 Å². The molecule has 0 aliphatic carbocycles. The van der Waals surface area contributed by atoms with Crippen molar-refractivity contribution in [1.29, 1.82) is 0 Å². The number of hydrogen-bond acceptors (Lipinski definition) is 3. The third-order valence-corrected chi connectivity index (χ3v) is 5.13. The van der Waals surface area contributed by atoms with Crippen LogP contribution in [0.25, 0.3) is 33.3 Å². The van der Waals surface area contributed by atoms with Gasteiger partial charge in [0.05, 0.1) is 16.9 Å². The number of aryl methyl sites for hydroxylation is 1. The summed E-state index contributed by atoms with van der Waals surface area (Å²) < 4.78 is 5.97. The minimum absolute atomic E-state index is 0.440. The van der Waals surface area contributed by atoms with Crippen LogP contribution >= 0.6 is 0 Å². The Morgan fingerprint density at radius 1 is 0.833 bits per heavy atom. The first kappa shape index (κ1) is 18.1. The van der Waals surface area contributed by atoms with E-state index in [2.05, 4.69) is 52.2 Å². The van der Waals surface area contributed by atoms with Crippen molar-refractivity contribution >= 4 is 10.9 Å². The highest BCUT2D eigenvalue weighted by Crippen LogP contribution is 2.33. The Morgan fingerprint density at radius 3 is 2.47 bits per heavy atom. The first-order valence-electron chi connectivity index (χ1n) is 9.94. The van der Waals surface area contributed by atoms with Crippen molar-refractivity contribution in [3.63, 3.8) is 0 Å². The van der Waals surface area contributed by atoms with E-state index in [9.17, 15) is 0 Å². The summed E-state index contributed by atoms with van der Waals surface area (Å²) in [6.45, 7) is 2.51. The molecule has 5 rings (SSSR count). The van der Waals surface area contributed by atoms with Gasteiger partial charge < -0.3 is 9.72 Å². The summed E-state index contributed by atoms with van der Waals surface area (Å²) in [5.74, 6) is 0.825. The van der Waals surface area contributed by atoms with E-state index in [-0.39, 0.29) is 0 Å². The lowest BCUT2D eigenvalue weighted by Crippen LogP contribution is -1.98. The Morgan fingerprint density at radius 2 is 1.63 bits per heavy atom. The summed E-state index contributed by atoms with van der Waals surface area (Å²) >= 11 is 0. The fourth-order valence-electron chi connectivity index (χ4n) is 3.64. The van der Waals surface area contributed by atoms with Crippen molar-refractivity contribution < 1.29 is 4.74 Å². The van der Waals surface area contributed by atoms with Crippen LogP contribution in [0, 0.1) is 6.92 Å². The number of benzene rings is 2. The highest BCUT2D eigenvalue weighted by atomic mass is 16.5. The van der Waals surface area contributed by atoms with E-state index < -0.39 is 0 Å². The van der Waals surface area contributed by atoms with Crippen molar-refractivity contribution in [1.82, 2.24) is 15.0 Å². The largest absolute Gasteiger partial charge is 0.487 e. The summed E-state index contributed by atoms with van der Waals surface area (Å²) in [6, 6.07) is 26.6. The molecule has 0 amide bonds. The van der Waals surface area contributed by atoms with Gasteiger partial charge in [0.1, 0.15) is 12.4 Å². The number of hydrogen-bond donors (Lipinski definition) is 1. The van der Waals surface area contributed by atoms with Crippen LogP contribution in [0.15, 0.2) is 91.3 Å². The van der Waals surface area contributed by atoms with Crippen LogP contribution in [0.1, 0.15) is 11.4 Å². The minimum Gasteiger partial charge on any atom is -0.487 e. The van der Waals surface area contributed by atoms with Gasteiger partial charge in [-0.15, -0.1) is 0 Å². The average Bonchev–Trinajstić information content (AvgIpc) is 3.20. The average molecular weight is 391 g/mol. The zero-order valence-corrected chi connectivity index (χ0v) is 16.7. The molecule has 3 aromatic heterocycles. The molecule has 5 aromatic rings. The molecule has 0 saturated carbocycles. The zero-order valence-electron chi connectivity index (χ0n) is 16.7. The Labute approximate surface area is 175 Å². The second-order valence-corrected chi connectivity index (χ2v) is 7.29. The molecule has 0 fully saturated rings. The highest BCUT2D eigenvalue weighted by Gasteiger charge is 2.11. The lowest BCUT2D eigenvalue weighted by atomic mass is 10.0. The van der Waals surface area contributed by atoms with Crippen molar-refractivity contribution in [3.05, 3.63) is 103 Å². The second-order valence-electron chi connectivity index (χ2n) is 7.29. The van der Waals surface area contributed by atoms with Crippen LogP contribution in [0.4, 0.5) is 0 Å². The number of nitrogens with zero attached hydrogens (tertiary/aromatic N) is 2. The number of rotatable bonds is 5. The first-order valence-corrected chi connectivity index (χ1v) is 9.94. The summed E-state index contributed by atoms with van der Waals surface area (Å²) in [7, 11) is 0. The van der Waals surface area contributed by atoms with E-state index >= 15 is 0 Å². The maximum atomic E-state index is 5.97. The Hall–Kier alpha value is -3.92. The molecule has 146 valence electrons. The molecule has 4 nitrogen and oxygen atoms in total. The lowest BCUT2D eigenvalue weighted by Gasteiger charge is -2.09. The number of para-hydroxylation sites is 1. The number of ether oxygens (including phenoxy) is 1. The molecule has 1 N–H and O–H groups in total. The van der Waals surface area contributed by atoms with E-state index in [0.717, 1.165) is 44.9 Å². The van der Waals surface area contributed by atoms with Gasteiger partial charge in [-0.3, -0.25) is 4.98 Å². The zero-order chi connectivity index (χ0) is 20.3. The summed E-state index contributed by atoms with van der Waals surface area (Å²) in [5, 5.41) is 1.14. The third-order valence-electron chi connectivity index (χ3n) is 5.13. The number of nitrogens with one attached hydrogen (secondary N) is 1. The molecule has 0 unspecified atom stereocenters. The maximum absolute atomic E-state index is 5.97. The molecule has 0 atom stereocenters. The van der Waals surface area contributed by atoms with E-state index in [4.69, 9.17) is 4.74 Å². The normalized spacial score (nSPS) is 11.0. The van der Waals surface area contributed by atoms with Gasteiger partial charge >= 0.3 is 0 Å².